The van der Waals surface area contributed by atoms with Crippen molar-refractivity contribution in [2.24, 2.45) is 0 Å². The Morgan fingerprint density at radius 2 is 1.88 bits per heavy atom. The fourth-order valence-corrected chi connectivity index (χ4v) is 1.53. The lowest BCUT2D eigenvalue weighted by Gasteiger charge is -2.07. The molecule has 0 aliphatic heterocycles. The molecule has 0 spiro atoms. The lowest BCUT2D eigenvalue weighted by Crippen LogP contribution is -2.01. The van der Waals surface area contributed by atoms with Crippen LogP contribution in [-0.4, -0.2) is 29.5 Å². The van der Waals surface area contributed by atoms with Crippen LogP contribution in [0, 0.1) is 0 Å². The monoisotopic (exact) mass is 238 g/mol. The van der Waals surface area contributed by atoms with Gasteiger partial charge in [-0.3, -0.25) is 0 Å². The molecule has 0 aromatic heterocycles. The molecule has 1 aromatic carbocycles. The highest BCUT2D eigenvalue weighted by atomic mass is 16.5. The van der Waals surface area contributed by atoms with Crippen LogP contribution in [0.1, 0.15) is 31.7 Å². The van der Waals surface area contributed by atoms with Crippen molar-refractivity contribution in [1.29, 1.82) is 0 Å². The van der Waals surface area contributed by atoms with E-state index in [0.717, 1.165) is 31.4 Å². The maximum atomic E-state index is 9.19. The van der Waals surface area contributed by atoms with Gasteiger partial charge in [0.2, 0.25) is 0 Å². The molecule has 1 aromatic rings. The Hall–Kier alpha value is -1.06. The summed E-state index contributed by atoms with van der Waals surface area (Å²) in [4.78, 5) is 0. The van der Waals surface area contributed by atoms with Crippen molar-refractivity contribution < 1.29 is 14.9 Å². The Balaban J connectivity index is 2.29. The topological polar surface area (TPSA) is 49.7 Å². The van der Waals surface area contributed by atoms with Crippen molar-refractivity contribution in [3.05, 3.63) is 29.8 Å². The van der Waals surface area contributed by atoms with Crippen LogP contribution in [0.2, 0.25) is 0 Å². The molecule has 2 N–H and O–H groups in total. The van der Waals surface area contributed by atoms with Gasteiger partial charge in [-0.15, -0.1) is 0 Å². The van der Waals surface area contributed by atoms with Gasteiger partial charge < -0.3 is 14.9 Å². The van der Waals surface area contributed by atoms with Gasteiger partial charge >= 0.3 is 0 Å². The van der Waals surface area contributed by atoms with Crippen molar-refractivity contribution in [2.45, 2.75) is 38.7 Å². The standard InChI is InChI=1S/C14H22O3/c1-12(16)4-5-13-6-8-14(9-7-13)17-11-3-2-10-15/h6-9,12,15-16H,2-5,10-11H2,1H3. The SMILES string of the molecule is CC(O)CCc1ccc(OCCCCO)cc1. The van der Waals surface area contributed by atoms with Crippen LogP contribution in [0.5, 0.6) is 5.75 Å². The molecule has 0 aliphatic carbocycles. The number of benzene rings is 1. The minimum Gasteiger partial charge on any atom is -0.494 e. The maximum Gasteiger partial charge on any atom is 0.119 e. The molecule has 1 unspecified atom stereocenters. The predicted octanol–water partition coefficient (Wildman–Crippen LogP) is 2.15. The van der Waals surface area contributed by atoms with Crippen LogP contribution in [-0.2, 0) is 6.42 Å². The lowest BCUT2D eigenvalue weighted by atomic mass is 10.1. The van der Waals surface area contributed by atoms with Crippen LogP contribution in [0.4, 0.5) is 0 Å². The second-order valence-corrected chi connectivity index (χ2v) is 4.31. The summed E-state index contributed by atoms with van der Waals surface area (Å²) in [7, 11) is 0. The van der Waals surface area contributed by atoms with E-state index in [2.05, 4.69) is 0 Å². The van der Waals surface area contributed by atoms with Crippen LogP contribution >= 0.6 is 0 Å². The predicted molar refractivity (Wildman–Crippen MR) is 68.3 cm³/mol. The van der Waals surface area contributed by atoms with Crippen LogP contribution in [0.15, 0.2) is 24.3 Å². The molecule has 0 saturated carbocycles. The first-order valence-electron chi connectivity index (χ1n) is 6.23. The Labute approximate surface area is 103 Å². The van der Waals surface area contributed by atoms with E-state index in [0.29, 0.717) is 6.61 Å². The average Bonchev–Trinajstić information content (AvgIpc) is 2.33. The third kappa shape index (κ3) is 6.29. The molecule has 3 heteroatoms. The number of hydrogen-bond donors (Lipinski definition) is 2. The Kier molecular flexibility index (Phi) is 6.67. The highest BCUT2D eigenvalue weighted by Gasteiger charge is 1.99. The number of rotatable bonds is 8. The second-order valence-electron chi connectivity index (χ2n) is 4.31. The van der Waals surface area contributed by atoms with Gasteiger partial charge in [0.05, 0.1) is 12.7 Å². The molecular weight excluding hydrogens is 216 g/mol. The molecule has 0 bridgehead atoms. The zero-order chi connectivity index (χ0) is 12.5. The molecule has 0 heterocycles. The lowest BCUT2D eigenvalue weighted by molar-refractivity contribution is 0.185. The summed E-state index contributed by atoms with van der Waals surface area (Å²) in [5, 5.41) is 17.8. The van der Waals surface area contributed by atoms with Crippen molar-refractivity contribution >= 4 is 0 Å². The zero-order valence-corrected chi connectivity index (χ0v) is 10.4. The van der Waals surface area contributed by atoms with E-state index in [9.17, 15) is 5.11 Å². The Morgan fingerprint density at radius 3 is 2.47 bits per heavy atom. The van der Waals surface area contributed by atoms with Crippen molar-refractivity contribution in [2.75, 3.05) is 13.2 Å². The maximum absolute atomic E-state index is 9.19. The second kappa shape index (κ2) is 8.09. The molecule has 17 heavy (non-hydrogen) atoms. The third-order valence-corrected chi connectivity index (χ3v) is 2.60. The van der Waals surface area contributed by atoms with Gasteiger partial charge in [0.25, 0.3) is 0 Å². The van der Waals surface area contributed by atoms with E-state index in [1.165, 1.54) is 5.56 Å². The van der Waals surface area contributed by atoms with E-state index < -0.39 is 0 Å². The van der Waals surface area contributed by atoms with Crippen LogP contribution < -0.4 is 4.74 Å². The van der Waals surface area contributed by atoms with Crippen LogP contribution in [0.25, 0.3) is 0 Å². The molecule has 3 nitrogen and oxygen atoms in total. The molecule has 96 valence electrons. The quantitative estimate of drug-likeness (QED) is 0.682. The average molecular weight is 238 g/mol. The summed E-state index contributed by atoms with van der Waals surface area (Å²) in [6.07, 6.45) is 3.09. The fourth-order valence-electron chi connectivity index (χ4n) is 1.53. The molecule has 1 atom stereocenters. The minimum absolute atomic E-state index is 0.224. The van der Waals surface area contributed by atoms with E-state index in [1.54, 1.807) is 6.92 Å². The van der Waals surface area contributed by atoms with Gasteiger partial charge in [-0.1, -0.05) is 12.1 Å². The highest BCUT2D eigenvalue weighted by Crippen LogP contribution is 2.14. The number of aliphatic hydroxyl groups is 2. The largest absolute Gasteiger partial charge is 0.494 e. The number of ether oxygens (including phenoxy) is 1. The van der Waals surface area contributed by atoms with Gasteiger partial charge in [-0.2, -0.15) is 0 Å². The molecule has 0 amide bonds. The molecule has 1 rings (SSSR count). The summed E-state index contributed by atoms with van der Waals surface area (Å²) in [6, 6.07) is 7.97. The van der Waals surface area contributed by atoms with Crippen molar-refractivity contribution in [3.63, 3.8) is 0 Å². The van der Waals surface area contributed by atoms with Gasteiger partial charge in [-0.25, -0.2) is 0 Å². The van der Waals surface area contributed by atoms with E-state index in [1.807, 2.05) is 24.3 Å². The van der Waals surface area contributed by atoms with Gasteiger partial charge in [0.1, 0.15) is 5.75 Å². The van der Waals surface area contributed by atoms with Crippen molar-refractivity contribution in [3.8, 4) is 5.75 Å². The molecular formula is C14H22O3. The molecule has 0 saturated heterocycles. The van der Waals surface area contributed by atoms with E-state index in [4.69, 9.17) is 9.84 Å². The zero-order valence-electron chi connectivity index (χ0n) is 10.4. The Morgan fingerprint density at radius 1 is 1.18 bits per heavy atom. The fraction of sp³-hybridized carbons (Fsp3) is 0.571. The number of unbranched alkanes of at least 4 members (excludes halogenated alkanes) is 1. The first-order valence-corrected chi connectivity index (χ1v) is 6.23. The number of aliphatic hydroxyl groups excluding tert-OH is 2. The number of hydrogen-bond acceptors (Lipinski definition) is 3. The van der Waals surface area contributed by atoms with Crippen molar-refractivity contribution in [1.82, 2.24) is 0 Å². The molecule has 0 aliphatic rings. The summed E-state index contributed by atoms with van der Waals surface area (Å²) in [5.41, 5.74) is 1.22. The van der Waals surface area contributed by atoms with Gasteiger partial charge in [0, 0.05) is 6.61 Å². The minimum atomic E-state index is -0.246. The summed E-state index contributed by atoms with van der Waals surface area (Å²) in [5.74, 6) is 0.865. The first kappa shape index (κ1) is 14.0. The van der Waals surface area contributed by atoms with Gasteiger partial charge in [0.15, 0.2) is 0 Å². The Bertz CT molecular complexity index is 293. The highest BCUT2D eigenvalue weighted by molar-refractivity contribution is 5.27. The normalized spacial score (nSPS) is 12.4. The molecule has 0 fully saturated rings. The summed E-state index contributed by atoms with van der Waals surface area (Å²) in [6.45, 7) is 2.67. The van der Waals surface area contributed by atoms with E-state index in [-0.39, 0.29) is 12.7 Å². The number of aryl methyl sites for hydroxylation is 1. The molecule has 0 radical (unpaired) electrons. The smallest absolute Gasteiger partial charge is 0.119 e. The first-order chi connectivity index (χ1) is 8.22. The van der Waals surface area contributed by atoms with Gasteiger partial charge in [-0.05, 0) is 50.3 Å². The summed E-state index contributed by atoms with van der Waals surface area (Å²) >= 11 is 0. The van der Waals surface area contributed by atoms with Crippen LogP contribution in [0.3, 0.4) is 0 Å². The van der Waals surface area contributed by atoms with E-state index >= 15 is 0 Å². The summed E-state index contributed by atoms with van der Waals surface area (Å²) < 4.78 is 5.53. The third-order valence-electron chi connectivity index (χ3n) is 2.60.